The average molecular weight is 354 g/mol. The Morgan fingerprint density at radius 3 is 2.56 bits per heavy atom. The van der Waals surface area contributed by atoms with Crippen LogP contribution in [0.1, 0.15) is 15.9 Å². The van der Waals surface area contributed by atoms with Crippen LogP contribution in [-0.2, 0) is 5.75 Å². The van der Waals surface area contributed by atoms with Gasteiger partial charge in [0.05, 0.1) is 11.9 Å². The van der Waals surface area contributed by atoms with E-state index in [0.717, 1.165) is 22.3 Å². The van der Waals surface area contributed by atoms with Gasteiger partial charge in [0.15, 0.2) is 5.16 Å². The molecule has 3 rings (SSSR count). The number of amides is 1. The molecule has 1 amide bonds. The lowest BCUT2D eigenvalue weighted by molar-refractivity contribution is 0.102. The van der Waals surface area contributed by atoms with Gasteiger partial charge in [-0.2, -0.15) is 5.10 Å². The molecule has 0 bridgehead atoms. The Bertz CT molecular complexity index is 815. The van der Waals surface area contributed by atoms with Crippen molar-refractivity contribution in [3.63, 3.8) is 0 Å². The maximum Gasteiger partial charge on any atom is 0.255 e. The summed E-state index contributed by atoms with van der Waals surface area (Å²) in [5.41, 5.74) is 2.38. The first-order chi connectivity index (χ1) is 12.1. The number of carbonyl (C=O) groups is 1. The molecule has 0 fully saturated rings. The second kappa shape index (κ2) is 7.80. The largest absolute Gasteiger partial charge is 0.363 e. The van der Waals surface area contributed by atoms with E-state index in [9.17, 15) is 4.79 Å². The lowest BCUT2D eigenvalue weighted by Crippen LogP contribution is -2.13. The van der Waals surface area contributed by atoms with Gasteiger partial charge in [-0.25, -0.2) is 9.97 Å². The molecule has 2 N–H and O–H groups in total. The average Bonchev–Trinajstić information content (AvgIpc) is 3.14. The van der Waals surface area contributed by atoms with Gasteiger partial charge >= 0.3 is 0 Å². The van der Waals surface area contributed by atoms with Crippen molar-refractivity contribution >= 4 is 29.2 Å². The SMILES string of the molecule is CN(C)c1ccc(NC(=O)c2ccc(CSc3ncn[nH]3)cc2)cn1. The third kappa shape index (κ3) is 4.57. The molecule has 0 aliphatic heterocycles. The monoisotopic (exact) mass is 354 g/mol. The Kier molecular flexibility index (Phi) is 5.30. The topological polar surface area (TPSA) is 86.8 Å². The van der Waals surface area contributed by atoms with Crippen molar-refractivity contribution in [2.45, 2.75) is 10.9 Å². The summed E-state index contributed by atoms with van der Waals surface area (Å²) in [4.78, 5) is 22.6. The molecule has 0 radical (unpaired) electrons. The van der Waals surface area contributed by atoms with E-state index >= 15 is 0 Å². The van der Waals surface area contributed by atoms with Crippen molar-refractivity contribution in [3.8, 4) is 0 Å². The third-order valence-corrected chi connectivity index (χ3v) is 4.40. The molecule has 7 nitrogen and oxygen atoms in total. The molecule has 0 atom stereocenters. The second-order valence-electron chi connectivity index (χ2n) is 5.53. The highest BCUT2D eigenvalue weighted by atomic mass is 32.2. The molecule has 0 saturated heterocycles. The van der Waals surface area contributed by atoms with E-state index in [0.29, 0.717) is 11.3 Å². The number of hydrogen-bond donors (Lipinski definition) is 2. The number of hydrogen-bond acceptors (Lipinski definition) is 6. The first kappa shape index (κ1) is 17.0. The summed E-state index contributed by atoms with van der Waals surface area (Å²) in [6.07, 6.45) is 3.13. The molecule has 1 aromatic carbocycles. The highest BCUT2D eigenvalue weighted by molar-refractivity contribution is 7.98. The van der Waals surface area contributed by atoms with Gasteiger partial charge in [-0.3, -0.25) is 9.89 Å². The molecular weight excluding hydrogens is 336 g/mol. The van der Waals surface area contributed by atoms with Crippen molar-refractivity contribution in [1.29, 1.82) is 0 Å². The van der Waals surface area contributed by atoms with Gasteiger partial charge in [0, 0.05) is 25.4 Å². The Labute approximate surface area is 149 Å². The number of aromatic nitrogens is 4. The van der Waals surface area contributed by atoms with E-state index in [-0.39, 0.29) is 5.91 Å². The van der Waals surface area contributed by atoms with Gasteiger partial charge in [0.1, 0.15) is 12.1 Å². The van der Waals surface area contributed by atoms with Crippen LogP contribution in [0, 0.1) is 0 Å². The maximum atomic E-state index is 12.3. The summed E-state index contributed by atoms with van der Waals surface area (Å²) >= 11 is 1.56. The zero-order chi connectivity index (χ0) is 17.6. The van der Waals surface area contributed by atoms with Crippen LogP contribution in [0.3, 0.4) is 0 Å². The number of anilines is 2. The van der Waals surface area contributed by atoms with E-state index in [2.05, 4.69) is 25.5 Å². The molecular formula is C17H18N6OS. The van der Waals surface area contributed by atoms with Gasteiger partial charge in [0.25, 0.3) is 5.91 Å². The van der Waals surface area contributed by atoms with E-state index in [1.54, 1.807) is 18.0 Å². The van der Waals surface area contributed by atoms with E-state index < -0.39 is 0 Å². The minimum absolute atomic E-state index is 0.158. The van der Waals surface area contributed by atoms with Crippen LogP contribution in [-0.4, -0.2) is 40.2 Å². The standard InChI is InChI=1S/C17H18N6OS/c1-23(2)15-8-7-14(9-18-15)21-16(24)13-5-3-12(4-6-13)10-25-17-19-11-20-22-17/h3-9,11H,10H2,1-2H3,(H,21,24)(H,19,20,22). The highest BCUT2D eigenvalue weighted by Crippen LogP contribution is 2.19. The Hall–Kier alpha value is -2.87. The number of H-pyrrole nitrogens is 1. The fraction of sp³-hybridized carbons (Fsp3) is 0.176. The molecule has 0 aliphatic rings. The van der Waals surface area contributed by atoms with Crippen LogP contribution in [0.2, 0.25) is 0 Å². The van der Waals surface area contributed by atoms with Crippen molar-refractivity contribution < 1.29 is 4.79 Å². The van der Waals surface area contributed by atoms with Gasteiger partial charge in [-0.1, -0.05) is 23.9 Å². The summed E-state index contributed by atoms with van der Waals surface area (Å²) in [7, 11) is 3.84. The van der Waals surface area contributed by atoms with Crippen molar-refractivity contribution in [1.82, 2.24) is 20.2 Å². The second-order valence-corrected chi connectivity index (χ2v) is 6.49. The number of thioether (sulfide) groups is 1. The number of pyridine rings is 1. The summed E-state index contributed by atoms with van der Waals surface area (Å²) in [5, 5.41) is 10.2. The van der Waals surface area contributed by atoms with Crippen molar-refractivity contribution in [3.05, 3.63) is 60.0 Å². The zero-order valence-corrected chi connectivity index (χ0v) is 14.7. The molecule has 3 aromatic rings. The Morgan fingerprint density at radius 1 is 1.16 bits per heavy atom. The lowest BCUT2D eigenvalue weighted by Gasteiger charge is -2.11. The molecule has 0 aliphatic carbocycles. The third-order valence-electron chi connectivity index (χ3n) is 3.45. The number of aromatic amines is 1. The maximum absolute atomic E-state index is 12.3. The van der Waals surface area contributed by atoms with E-state index in [1.807, 2.05) is 55.4 Å². The molecule has 0 unspecified atom stereocenters. The molecule has 128 valence electrons. The number of rotatable bonds is 6. The summed E-state index contributed by atoms with van der Waals surface area (Å²) in [6, 6.07) is 11.2. The number of benzene rings is 1. The summed E-state index contributed by atoms with van der Waals surface area (Å²) in [6.45, 7) is 0. The van der Waals surface area contributed by atoms with Crippen LogP contribution < -0.4 is 10.2 Å². The van der Waals surface area contributed by atoms with Crippen LogP contribution >= 0.6 is 11.8 Å². The minimum Gasteiger partial charge on any atom is -0.363 e. The van der Waals surface area contributed by atoms with Gasteiger partial charge in [-0.15, -0.1) is 0 Å². The van der Waals surface area contributed by atoms with E-state index in [1.165, 1.54) is 6.33 Å². The smallest absolute Gasteiger partial charge is 0.255 e. The van der Waals surface area contributed by atoms with Crippen LogP contribution in [0.5, 0.6) is 0 Å². The molecule has 25 heavy (non-hydrogen) atoms. The number of nitrogens with one attached hydrogen (secondary N) is 2. The summed E-state index contributed by atoms with van der Waals surface area (Å²) < 4.78 is 0. The number of carbonyl (C=O) groups excluding carboxylic acids is 1. The van der Waals surface area contributed by atoms with Gasteiger partial charge in [0.2, 0.25) is 0 Å². The fourth-order valence-electron chi connectivity index (χ4n) is 2.10. The number of nitrogens with zero attached hydrogens (tertiary/aromatic N) is 4. The fourth-order valence-corrected chi connectivity index (χ4v) is 2.83. The molecule has 0 saturated carbocycles. The van der Waals surface area contributed by atoms with Crippen molar-refractivity contribution in [2.75, 3.05) is 24.3 Å². The highest BCUT2D eigenvalue weighted by Gasteiger charge is 2.07. The van der Waals surface area contributed by atoms with E-state index in [4.69, 9.17) is 0 Å². The van der Waals surface area contributed by atoms with Crippen molar-refractivity contribution in [2.24, 2.45) is 0 Å². The van der Waals surface area contributed by atoms with Gasteiger partial charge in [-0.05, 0) is 29.8 Å². The van der Waals surface area contributed by atoms with Gasteiger partial charge < -0.3 is 10.2 Å². The first-order valence-electron chi connectivity index (χ1n) is 7.63. The van der Waals surface area contributed by atoms with Crippen LogP contribution in [0.25, 0.3) is 0 Å². The van der Waals surface area contributed by atoms with Crippen LogP contribution in [0.15, 0.2) is 54.1 Å². The minimum atomic E-state index is -0.158. The Balaban J connectivity index is 1.58. The Morgan fingerprint density at radius 2 is 1.96 bits per heavy atom. The normalized spacial score (nSPS) is 10.5. The molecule has 0 spiro atoms. The zero-order valence-electron chi connectivity index (χ0n) is 13.9. The molecule has 8 heteroatoms. The quantitative estimate of drug-likeness (QED) is 0.662. The predicted molar refractivity (Wildman–Crippen MR) is 98.9 cm³/mol. The molecule has 2 aromatic heterocycles. The molecule has 2 heterocycles. The lowest BCUT2D eigenvalue weighted by atomic mass is 10.1. The first-order valence-corrected chi connectivity index (χ1v) is 8.62. The van der Waals surface area contributed by atoms with Crippen LogP contribution in [0.4, 0.5) is 11.5 Å². The predicted octanol–water partition coefficient (Wildman–Crippen LogP) is 2.81. The summed E-state index contributed by atoms with van der Waals surface area (Å²) in [5.74, 6) is 1.44.